The Morgan fingerprint density at radius 1 is 1.28 bits per heavy atom. The van der Waals surface area contributed by atoms with Crippen molar-refractivity contribution in [2.75, 3.05) is 18.5 Å². The zero-order chi connectivity index (χ0) is 13.0. The number of nitrogens with zero attached hydrogens (tertiary/aromatic N) is 1. The number of hydrogen-bond donors (Lipinski definition) is 1. The van der Waals surface area contributed by atoms with Crippen molar-refractivity contribution in [1.82, 2.24) is 5.32 Å². The van der Waals surface area contributed by atoms with Crippen LogP contribution in [0.15, 0.2) is 18.2 Å². The SMILES string of the molecule is CCNCc1ccc(N(C)C2CCCC2)cc1C. The van der Waals surface area contributed by atoms with Crippen LogP contribution in [-0.2, 0) is 6.54 Å². The van der Waals surface area contributed by atoms with Gasteiger partial charge in [-0.15, -0.1) is 0 Å². The van der Waals surface area contributed by atoms with Gasteiger partial charge in [-0.3, -0.25) is 0 Å². The van der Waals surface area contributed by atoms with E-state index in [9.17, 15) is 0 Å². The third-order valence-corrected chi connectivity index (χ3v) is 4.17. The van der Waals surface area contributed by atoms with Crippen molar-refractivity contribution in [2.45, 2.75) is 52.1 Å². The first-order valence-electron chi connectivity index (χ1n) is 7.25. The average molecular weight is 246 g/mol. The molecule has 1 aliphatic rings. The Kier molecular flexibility index (Phi) is 4.65. The van der Waals surface area contributed by atoms with E-state index in [2.05, 4.69) is 49.3 Å². The average Bonchev–Trinajstić information content (AvgIpc) is 2.90. The molecule has 2 heteroatoms. The number of rotatable bonds is 5. The van der Waals surface area contributed by atoms with Crippen LogP contribution in [-0.4, -0.2) is 19.6 Å². The van der Waals surface area contributed by atoms with Crippen molar-refractivity contribution in [3.05, 3.63) is 29.3 Å². The molecule has 0 aliphatic heterocycles. The normalized spacial score (nSPS) is 16.2. The van der Waals surface area contributed by atoms with Crippen molar-refractivity contribution in [3.8, 4) is 0 Å². The molecule has 0 spiro atoms. The fourth-order valence-corrected chi connectivity index (χ4v) is 2.86. The summed E-state index contributed by atoms with van der Waals surface area (Å²) >= 11 is 0. The lowest BCUT2D eigenvalue weighted by atomic mass is 10.1. The zero-order valence-electron chi connectivity index (χ0n) is 12.0. The van der Waals surface area contributed by atoms with Crippen LogP contribution in [0.2, 0.25) is 0 Å². The van der Waals surface area contributed by atoms with E-state index in [-0.39, 0.29) is 0 Å². The van der Waals surface area contributed by atoms with Crippen LogP contribution in [0.1, 0.15) is 43.7 Å². The van der Waals surface area contributed by atoms with E-state index in [1.54, 1.807) is 0 Å². The first kappa shape index (κ1) is 13.4. The van der Waals surface area contributed by atoms with Crippen LogP contribution in [0, 0.1) is 6.92 Å². The summed E-state index contributed by atoms with van der Waals surface area (Å²) in [5.74, 6) is 0. The highest BCUT2D eigenvalue weighted by atomic mass is 15.1. The van der Waals surface area contributed by atoms with Crippen molar-refractivity contribution in [3.63, 3.8) is 0 Å². The van der Waals surface area contributed by atoms with Crippen molar-refractivity contribution in [2.24, 2.45) is 0 Å². The summed E-state index contributed by atoms with van der Waals surface area (Å²) in [5, 5.41) is 3.40. The quantitative estimate of drug-likeness (QED) is 0.855. The van der Waals surface area contributed by atoms with Gasteiger partial charge in [0, 0.05) is 25.3 Å². The van der Waals surface area contributed by atoms with Crippen molar-refractivity contribution < 1.29 is 0 Å². The smallest absolute Gasteiger partial charge is 0.0368 e. The topological polar surface area (TPSA) is 15.3 Å². The van der Waals surface area contributed by atoms with Crippen LogP contribution < -0.4 is 10.2 Å². The molecule has 0 unspecified atom stereocenters. The molecule has 0 amide bonds. The lowest BCUT2D eigenvalue weighted by molar-refractivity contribution is 0.652. The van der Waals surface area contributed by atoms with E-state index in [0.29, 0.717) is 0 Å². The second kappa shape index (κ2) is 6.24. The summed E-state index contributed by atoms with van der Waals surface area (Å²) in [6, 6.07) is 7.64. The summed E-state index contributed by atoms with van der Waals surface area (Å²) in [6.45, 7) is 6.38. The molecule has 1 N–H and O–H groups in total. The van der Waals surface area contributed by atoms with Gasteiger partial charge >= 0.3 is 0 Å². The summed E-state index contributed by atoms with van der Waals surface area (Å²) in [5.41, 5.74) is 4.19. The predicted molar refractivity (Wildman–Crippen MR) is 79.2 cm³/mol. The van der Waals surface area contributed by atoms with Gasteiger partial charge in [-0.1, -0.05) is 25.8 Å². The molecule has 1 fully saturated rings. The van der Waals surface area contributed by atoms with Gasteiger partial charge in [0.1, 0.15) is 0 Å². The molecule has 1 aliphatic carbocycles. The van der Waals surface area contributed by atoms with E-state index in [1.165, 1.54) is 42.5 Å². The van der Waals surface area contributed by atoms with Crippen LogP contribution in [0.25, 0.3) is 0 Å². The van der Waals surface area contributed by atoms with E-state index in [4.69, 9.17) is 0 Å². The molecule has 1 aromatic carbocycles. The lowest BCUT2D eigenvalue weighted by Crippen LogP contribution is -2.28. The Hall–Kier alpha value is -1.02. The number of benzene rings is 1. The third-order valence-electron chi connectivity index (χ3n) is 4.17. The first-order chi connectivity index (χ1) is 8.72. The molecular formula is C16H26N2. The molecule has 0 atom stereocenters. The number of hydrogen-bond acceptors (Lipinski definition) is 2. The minimum Gasteiger partial charge on any atom is -0.372 e. The fourth-order valence-electron chi connectivity index (χ4n) is 2.86. The summed E-state index contributed by atoms with van der Waals surface area (Å²) in [4.78, 5) is 2.47. The van der Waals surface area contributed by atoms with Gasteiger partial charge in [-0.05, 0) is 49.6 Å². The highest BCUT2D eigenvalue weighted by molar-refractivity contribution is 5.51. The Morgan fingerprint density at radius 3 is 2.61 bits per heavy atom. The predicted octanol–water partition coefficient (Wildman–Crippen LogP) is 3.48. The molecule has 0 saturated heterocycles. The lowest BCUT2D eigenvalue weighted by Gasteiger charge is -2.27. The maximum Gasteiger partial charge on any atom is 0.0368 e. The standard InChI is InChI=1S/C16H26N2/c1-4-17-12-14-9-10-16(11-13(14)2)18(3)15-7-5-6-8-15/h9-11,15,17H,4-8,12H2,1-3H3. The van der Waals surface area contributed by atoms with Gasteiger partial charge in [0.2, 0.25) is 0 Å². The fraction of sp³-hybridized carbons (Fsp3) is 0.625. The molecular weight excluding hydrogens is 220 g/mol. The van der Waals surface area contributed by atoms with E-state index in [0.717, 1.165) is 19.1 Å². The van der Waals surface area contributed by atoms with Crippen LogP contribution in [0.3, 0.4) is 0 Å². The molecule has 0 radical (unpaired) electrons. The van der Waals surface area contributed by atoms with E-state index in [1.807, 2.05) is 0 Å². The van der Waals surface area contributed by atoms with Gasteiger partial charge < -0.3 is 10.2 Å². The van der Waals surface area contributed by atoms with E-state index < -0.39 is 0 Å². The van der Waals surface area contributed by atoms with Gasteiger partial charge in [0.15, 0.2) is 0 Å². The zero-order valence-corrected chi connectivity index (χ0v) is 12.0. The number of anilines is 1. The molecule has 18 heavy (non-hydrogen) atoms. The highest BCUT2D eigenvalue weighted by Gasteiger charge is 2.19. The Morgan fingerprint density at radius 2 is 2.00 bits per heavy atom. The molecule has 1 saturated carbocycles. The maximum atomic E-state index is 3.40. The van der Waals surface area contributed by atoms with Gasteiger partial charge in [-0.2, -0.15) is 0 Å². The molecule has 0 bridgehead atoms. The second-order valence-corrected chi connectivity index (χ2v) is 5.44. The van der Waals surface area contributed by atoms with Crippen molar-refractivity contribution in [1.29, 1.82) is 0 Å². The Balaban J connectivity index is 2.07. The van der Waals surface area contributed by atoms with Gasteiger partial charge in [0.05, 0.1) is 0 Å². The third kappa shape index (κ3) is 3.05. The van der Waals surface area contributed by atoms with Crippen LogP contribution >= 0.6 is 0 Å². The summed E-state index contributed by atoms with van der Waals surface area (Å²) in [7, 11) is 2.24. The Labute approximate surface area is 111 Å². The van der Waals surface area contributed by atoms with Gasteiger partial charge in [0.25, 0.3) is 0 Å². The molecule has 0 heterocycles. The highest BCUT2D eigenvalue weighted by Crippen LogP contribution is 2.28. The number of aryl methyl sites for hydroxylation is 1. The van der Waals surface area contributed by atoms with Gasteiger partial charge in [-0.25, -0.2) is 0 Å². The summed E-state index contributed by atoms with van der Waals surface area (Å²) < 4.78 is 0. The molecule has 2 rings (SSSR count). The second-order valence-electron chi connectivity index (χ2n) is 5.44. The van der Waals surface area contributed by atoms with E-state index >= 15 is 0 Å². The number of nitrogens with one attached hydrogen (secondary N) is 1. The van der Waals surface area contributed by atoms with Crippen molar-refractivity contribution >= 4 is 5.69 Å². The minimum absolute atomic E-state index is 0.754. The first-order valence-corrected chi connectivity index (χ1v) is 7.25. The molecule has 0 aromatic heterocycles. The monoisotopic (exact) mass is 246 g/mol. The van der Waals surface area contributed by atoms with Crippen LogP contribution in [0.5, 0.6) is 0 Å². The molecule has 2 nitrogen and oxygen atoms in total. The minimum atomic E-state index is 0.754. The largest absolute Gasteiger partial charge is 0.372 e. The molecule has 100 valence electrons. The Bertz CT molecular complexity index is 381. The maximum absolute atomic E-state index is 3.40. The summed E-state index contributed by atoms with van der Waals surface area (Å²) in [6.07, 6.45) is 5.50. The van der Waals surface area contributed by atoms with Crippen LogP contribution in [0.4, 0.5) is 5.69 Å². The molecule has 1 aromatic rings.